The Hall–Kier alpha value is -0.760. The smallest absolute Gasteiger partial charge is 0.107 e. The Morgan fingerprint density at radius 1 is 1.31 bits per heavy atom. The minimum absolute atomic E-state index is 0.575. The fourth-order valence-electron chi connectivity index (χ4n) is 1.58. The first-order valence-corrected chi connectivity index (χ1v) is 5.10. The van der Waals surface area contributed by atoms with Gasteiger partial charge in [-0.2, -0.15) is 0 Å². The van der Waals surface area contributed by atoms with Gasteiger partial charge in [0.1, 0.15) is 11.5 Å². The summed E-state index contributed by atoms with van der Waals surface area (Å²) in [5, 5.41) is 0. The summed E-state index contributed by atoms with van der Waals surface area (Å²) in [5.41, 5.74) is 5.45. The molecular weight excluding hydrogens is 162 g/mol. The lowest BCUT2D eigenvalue weighted by atomic mass is 10.0. The Morgan fingerprint density at radius 3 is 2.54 bits per heavy atom. The fraction of sp³-hybridized carbons (Fsp3) is 0.636. The lowest BCUT2D eigenvalue weighted by Crippen LogP contribution is -2.01. The van der Waals surface area contributed by atoms with Crippen molar-refractivity contribution in [2.24, 2.45) is 5.73 Å². The summed E-state index contributed by atoms with van der Waals surface area (Å²) in [7, 11) is 0. The van der Waals surface area contributed by atoms with E-state index in [4.69, 9.17) is 10.2 Å². The average molecular weight is 181 g/mol. The molecule has 2 N–H and O–H groups in total. The van der Waals surface area contributed by atoms with Crippen LogP contribution in [0.15, 0.2) is 16.5 Å². The fourth-order valence-corrected chi connectivity index (χ4v) is 1.58. The number of nitrogens with two attached hydrogens (primary N) is 1. The minimum Gasteiger partial charge on any atom is -0.466 e. The first-order valence-electron chi connectivity index (χ1n) is 5.10. The first kappa shape index (κ1) is 10.3. The van der Waals surface area contributed by atoms with Gasteiger partial charge in [-0.1, -0.05) is 13.8 Å². The molecule has 0 saturated heterocycles. The molecule has 1 aromatic heterocycles. The van der Waals surface area contributed by atoms with Gasteiger partial charge in [-0.15, -0.1) is 0 Å². The molecule has 0 unspecified atom stereocenters. The van der Waals surface area contributed by atoms with Crippen molar-refractivity contribution in [2.75, 3.05) is 6.54 Å². The summed E-state index contributed by atoms with van der Waals surface area (Å²) in [4.78, 5) is 0. The molecule has 0 radical (unpaired) electrons. The monoisotopic (exact) mass is 181 g/mol. The topological polar surface area (TPSA) is 39.2 Å². The molecule has 0 bridgehead atoms. The van der Waals surface area contributed by atoms with E-state index in [2.05, 4.69) is 19.9 Å². The summed E-state index contributed by atoms with van der Waals surface area (Å²) >= 11 is 0. The standard InChI is InChI=1S/C11H19NO/c1-3-9(4-2)11-6-5-10(13-11)7-8-12/h5-6,9H,3-4,7-8,12H2,1-2H3. The van der Waals surface area contributed by atoms with Crippen LogP contribution in [0.25, 0.3) is 0 Å². The zero-order chi connectivity index (χ0) is 9.68. The van der Waals surface area contributed by atoms with E-state index >= 15 is 0 Å². The van der Waals surface area contributed by atoms with Crippen LogP contribution in [-0.2, 0) is 6.42 Å². The SMILES string of the molecule is CCC(CC)c1ccc(CCN)o1. The third-order valence-corrected chi connectivity index (χ3v) is 2.46. The highest BCUT2D eigenvalue weighted by molar-refractivity contribution is 5.11. The van der Waals surface area contributed by atoms with Crippen molar-refractivity contribution in [3.05, 3.63) is 23.7 Å². The van der Waals surface area contributed by atoms with Crippen LogP contribution in [0.2, 0.25) is 0 Å². The maximum absolute atomic E-state index is 5.69. The van der Waals surface area contributed by atoms with E-state index < -0.39 is 0 Å². The summed E-state index contributed by atoms with van der Waals surface area (Å²) in [6.07, 6.45) is 3.14. The number of hydrogen-bond donors (Lipinski definition) is 1. The second kappa shape index (κ2) is 5.07. The molecule has 0 aliphatic heterocycles. The van der Waals surface area contributed by atoms with Crippen molar-refractivity contribution in [2.45, 2.75) is 39.0 Å². The molecule has 2 nitrogen and oxygen atoms in total. The third-order valence-electron chi connectivity index (χ3n) is 2.46. The van der Waals surface area contributed by atoms with Gasteiger partial charge in [-0.25, -0.2) is 0 Å². The van der Waals surface area contributed by atoms with Crippen molar-refractivity contribution in [1.82, 2.24) is 0 Å². The lowest BCUT2D eigenvalue weighted by Gasteiger charge is -2.07. The molecule has 0 saturated carbocycles. The summed E-state index contributed by atoms with van der Waals surface area (Å²) in [6.45, 7) is 5.05. The molecule has 1 aromatic rings. The van der Waals surface area contributed by atoms with E-state index in [9.17, 15) is 0 Å². The third kappa shape index (κ3) is 2.59. The van der Waals surface area contributed by atoms with Gasteiger partial charge in [0.25, 0.3) is 0 Å². The largest absolute Gasteiger partial charge is 0.466 e. The molecule has 2 heteroatoms. The molecule has 0 fully saturated rings. The van der Waals surface area contributed by atoms with Gasteiger partial charge in [0.2, 0.25) is 0 Å². The van der Waals surface area contributed by atoms with Gasteiger partial charge in [-0.05, 0) is 31.5 Å². The minimum atomic E-state index is 0.575. The van der Waals surface area contributed by atoms with Gasteiger partial charge in [0.15, 0.2) is 0 Å². The van der Waals surface area contributed by atoms with Crippen molar-refractivity contribution in [3.8, 4) is 0 Å². The molecule has 0 atom stereocenters. The Morgan fingerprint density at radius 2 is 2.00 bits per heavy atom. The Bertz CT molecular complexity index is 238. The molecule has 13 heavy (non-hydrogen) atoms. The highest BCUT2D eigenvalue weighted by Gasteiger charge is 2.10. The predicted octanol–water partition coefficient (Wildman–Crippen LogP) is 2.68. The van der Waals surface area contributed by atoms with Crippen molar-refractivity contribution in [1.29, 1.82) is 0 Å². The van der Waals surface area contributed by atoms with Crippen LogP contribution >= 0.6 is 0 Å². The Labute approximate surface area is 80.1 Å². The van der Waals surface area contributed by atoms with Crippen LogP contribution in [0.4, 0.5) is 0 Å². The van der Waals surface area contributed by atoms with E-state index in [0.29, 0.717) is 12.5 Å². The van der Waals surface area contributed by atoms with Crippen LogP contribution in [0.3, 0.4) is 0 Å². The summed E-state index contributed by atoms with van der Waals surface area (Å²) < 4.78 is 5.69. The van der Waals surface area contributed by atoms with Crippen LogP contribution in [0.1, 0.15) is 44.1 Å². The van der Waals surface area contributed by atoms with Crippen molar-refractivity contribution >= 4 is 0 Å². The Kier molecular flexibility index (Phi) is 4.03. The highest BCUT2D eigenvalue weighted by atomic mass is 16.3. The lowest BCUT2D eigenvalue weighted by molar-refractivity contribution is 0.419. The highest BCUT2D eigenvalue weighted by Crippen LogP contribution is 2.24. The summed E-state index contributed by atoms with van der Waals surface area (Å²) in [6, 6.07) is 4.13. The van der Waals surface area contributed by atoms with Gasteiger partial charge in [-0.3, -0.25) is 0 Å². The quantitative estimate of drug-likeness (QED) is 0.758. The van der Waals surface area contributed by atoms with Crippen molar-refractivity contribution in [3.63, 3.8) is 0 Å². The molecule has 0 aromatic carbocycles. The molecule has 0 aliphatic rings. The molecular formula is C11H19NO. The van der Waals surface area contributed by atoms with E-state index in [1.165, 1.54) is 0 Å². The van der Waals surface area contributed by atoms with E-state index in [-0.39, 0.29) is 0 Å². The van der Waals surface area contributed by atoms with Crippen LogP contribution in [-0.4, -0.2) is 6.54 Å². The van der Waals surface area contributed by atoms with Gasteiger partial charge in [0.05, 0.1) is 0 Å². The van der Waals surface area contributed by atoms with E-state index in [1.54, 1.807) is 0 Å². The number of rotatable bonds is 5. The summed E-state index contributed by atoms with van der Waals surface area (Å²) in [5.74, 6) is 2.71. The van der Waals surface area contributed by atoms with Crippen LogP contribution in [0, 0.1) is 0 Å². The van der Waals surface area contributed by atoms with Crippen LogP contribution in [0.5, 0.6) is 0 Å². The molecule has 0 spiro atoms. The normalized spacial score (nSPS) is 11.1. The average Bonchev–Trinajstić information content (AvgIpc) is 2.56. The molecule has 1 rings (SSSR count). The van der Waals surface area contributed by atoms with Crippen molar-refractivity contribution < 1.29 is 4.42 Å². The zero-order valence-corrected chi connectivity index (χ0v) is 8.55. The second-order valence-electron chi connectivity index (χ2n) is 3.36. The number of hydrogen-bond acceptors (Lipinski definition) is 2. The van der Waals surface area contributed by atoms with Gasteiger partial charge >= 0.3 is 0 Å². The zero-order valence-electron chi connectivity index (χ0n) is 8.55. The first-order chi connectivity index (χ1) is 6.31. The van der Waals surface area contributed by atoms with E-state index in [1.807, 2.05) is 6.07 Å². The van der Waals surface area contributed by atoms with Crippen LogP contribution < -0.4 is 5.73 Å². The molecule has 0 amide bonds. The maximum Gasteiger partial charge on any atom is 0.107 e. The number of furan rings is 1. The Balaban J connectivity index is 2.66. The second-order valence-corrected chi connectivity index (χ2v) is 3.36. The predicted molar refractivity (Wildman–Crippen MR) is 54.8 cm³/mol. The van der Waals surface area contributed by atoms with Gasteiger partial charge < -0.3 is 10.2 Å². The molecule has 0 aliphatic carbocycles. The molecule has 1 heterocycles. The molecule has 74 valence electrons. The van der Waals surface area contributed by atoms with E-state index in [0.717, 1.165) is 30.8 Å². The van der Waals surface area contributed by atoms with Gasteiger partial charge in [0, 0.05) is 12.3 Å². The maximum atomic E-state index is 5.69.